The van der Waals surface area contributed by atoms with Crippen molar-refractivity contribution in [1.29, 1.82) is 0 Å². The molecular formula is C18H17N3O2. The molecule has 5 heteroatoms. The molecule has 0 fully saturated rings. The van der Waals surface area contributed by atoms with Crippen LogP contribution in [0.1, 0.15) is 34.8 Å². The second-order valence-electron chi connectivity index (χ2n) is 5.38. The zero-order valence-corrected chi connectivity index (χ0v) is 13.0. The molecule has 3 aromatic rings. The van der Waals surface area contributed by atoms with Crippen molar-refractivity contribution in [1.82, 2.24) is 15.5 Å². The summed E-state index contributed by atoms with van der Waals surface area (Å²) >= 11 is 0. The lowest BCUT2D eigenvalue weighted by molar-refractivity contribution is 0.0932. The van der Waals surface area contributed by atoms with Crippen molar-refractivity contribution in [2.24, 2.45) is 0 Å². The molecule has 0 radical (unpaired) electrons. The van der Waals surface area contributed by atoms with Crippen molar-refractivity contribution < 1.29 is 9.32 Å². The van der Waals surface area contributed by atoms with Gasteiger partial charge in [-0.3, -0.25) is 4.79 Å². The second-order valence-corrected chi connectivity index (χ2v) is 5.38. The van der Waals surface area contributed by atoms with Crippen molar-refractivity contribution in [2.75, 3.05) is 0 Å². The molecule has 1 heterocycles. The van der Waals surface area contributed by atoms with E-state index < -0.39 is 0 Å². The van der Waals surface area contributed by atoms with E-state index in [-0.39, 0.29) is 11.9 Å². The van der Waals surface area contributed by atoms with E-state index in [0.29, 0.717) is 17.3 Å². The first-order valence-corrected chi connectivity index (χ1v) is 7.40. The lowest BCUT2D eigenvalue weighted by Gasteiger charge is -2.09. The Morgan fingerprint density at radius 1 is 1.09 bits per heavy atom. The van der Waals surface area contributed by atoms with Gasteiger partial charge >= 0.3 is 0 Å². The Morgan fingerprint density at radius 2 is 1.78 bits per heavy atom. The molecule has 3 rings (SSSR count). The van der Waals surface area contributed by atoms with Crippen molar-refractivity contribution in [2.45, 2.75) is 19.9 Å². The van der Waals surface area contributed by atoms with E-state index in [1.54, 1.807) is 12.1 Å². The van der Waals surface area contributed by atoms with Gasteiger partial charge in [-0.15, -0.1) is 0 Å². The van der Waals surface area contributed by atoms with Crippen LogP contribution >= 0.6 is 0 Å². The van der Waals surface area contributed by atoms with Crippen LogP contribution in [-0.4, -0.2) is 16.0 Å². The summed E-state index contributed by atoms with van der Waals surface area (Å²) in [5.74, 6) is 0.721. The first-order valence-electron chi connectivity index (χ1n) is 7.40. The molecule has 0 spiro atoms. The van der Waals surface area contributed by atoms with Crippen molar-refractivity contribution in [3.63, 3.8) is 0 Å². The van der Waals surface area contributed by atoms with E-state index in [1.165, 1.54) is 0 Å². The summed E-state index contributed by atoms with van der Waals surface area (Å²) in [5, 5.41) is 6.82. The third-order valence-electron chi connectivity index (χ3n) is 3.51. The van der Waals surface area contributed by atoms with Crippen LogP contribution in [0.3, 0.4) is 0 Å². The largest absolute Gasteiger partial charge is 0.341 e. The van der Waals surface area contributed by atoms with Crippen LogP contribution in [0.4, 0.5) is 0 Å². The van der Waals surface area contributed by atoms with Gasteiger partial charge in [0.05, 0.1) is 0 Å². The fourth-order valence-corrected chi connectivity index (χ4v) is 2.16. The minimum Gasteiger partial charge on any atom is -0.341 e. The van der Waals surface area contributed by atoms with Crippen LogP contribution in [0.15, 0.2) is 59.1 Å². The van der Waals surface area contributed by atoms with Gasteiger partial charge in [-0.05, 0) is 26.0 Å². The lowest BCUT2D eigenvalue weighted by Crippen LogP contribution is -2.26. The van der Waals surface area contributed by atoms with Gasteiger partial charge in [0.15, 0.2) is 0 Å². The zero-order valence-electron chi connectivity index (χ0n) is 13.0. The Balaban J connectivity index is 1.71. The molecule has 116 valence electrons. The highest BCUT2D eigenvalue weighted by Crippen LogP contribution is 2.18. The summed E-state index contributed by atoms with van der Waals surface area (Å²) in [6.45, 7) is 3.79. The maximum Gasteiger partial charge on any atom is 0.251 e. The fourth-order valence-electron chi connectivity index (χ4n) is 2.16. The average molecular weight is 307 g/mol. The minimum absolute atomic E-state index is 0.169. The number of rotatable bonds is 4. The van der Waals surface area contributed by atoms with Crippen LogP contribution in [0, 0.1) is 6.92 Å². The minimum atomic E-state index is -0.367. The molecule has 0 aliphatic heterocycles. The summed E-state index contributed by atoms with van der Waals surface area (Å²) in [5.41, 5.74) is 2.59. The molecule has 1 amide bonds. The smallest absolute Gasteiger partial charge is 0.251 e. The number of amides is 1. The average Bonchev–Trinajstić information content (AvgIpc) is 3.06. The number of carbonyl (C=O) groups is 1. The molecule has 2 aromatic carbocycles. The van der Waals surface area contributed by atoms with E-state index >= 15 is 0 Å². The first-order chi connectivity index (χ1) is 11.1. The summed E-state index contributed by atoms with van der Waals surface area (Å²) in [6, 6.07) is 16.6. The fraction of sp³-hybridized carbons (Fsp3) is 0.167. The highest BCUT2D eigenvalue weighted by atomic mass is 16.5. The van der Waals surface area contributed by atoms with Crippen LogP contribution in [0.5, 0.6) is 0 Å². The SMILES string of the molecule is Cc1ccc(C(=O)N[C@@H](C)c2nc(-c3ccccc3)no2)cc1. The first kappa shape index (κ1) is 15.0. The van der Waals surface area contributed by atoms with Gasteiger partial charge in [-0.25, -0.2) is 0 Å². The van der Waals surface area contributed by atoms with Gasteiger partial charge in [-0.2, -0.15) is 4.98 Å². The normalized spacial score (nSPS) is 11.9. The van der Waals surface area contributed by atoms with Crippen molar-refractivity contribution in [3.05, 3.63) is 71.6 Å². The van der Waals surface area contributed by atoms with E-state index in [4.69, 9.17) is 4.52 Å². The lowest BCUT2D eigenvalue weighted by atomic mass is 10.1. The third-order valence-corrected chi connectivity index (χ3v) is 3.51. The third kappa shape index (κ3) is 3.45. The molecule has 0 saturated heterocycles. The molecule has 23 heavy (non-hydrogen) atoms. The number of nitrogens with one attached hydrogen (secondary N) is 1. The number of nitrogens with zero attached hydrogens (tertiary/aromatic N) is 2. The second kappa shape index (κ2) is 6.44. The van der Waals surface area contributed by atoms with E-state index in [1.807, 2.05) is 56.3 Å². The molecule has 0 unspecified atom stereocenters. The molecule has 0 bridgehead atoms. The number of carbonyl (C=O) groups excluding carboxylic acids is 1. The monoisotopic (exact) mass is 307 g/mol. The molecular weight excluding hydrogens is 290 g/mol. The van der Waals surface area contributed by atoms with Crippen molar-refractivity contribution >= 4 is 5.91 Å². The molecule has 1 atom stereocenters. The quantitative estimate of drug-likeness (QED) is 0.800. The van der Waals surface area contributed by atoms with Gasteiger partial charge in [0.2, 0.25) is 11.7 Å². The standard InChI is InChI=1S/C18H17N3O2/c1-12-8-10-15(11-9-12)17(22)19-13(2)18-20-16(21-23-18)14-6-4-3-5-7-14/h3-11,13H,1-2H3,(H,19,22)/t13-/m0/s1. The number of hydrogen-bond acceptors (Lipinski definition) is 4. The summed E-state index contributed by atoms with van der Waals surface area (Å²) in [6.07, 6.45) is 0. The summed E-state index contributed by atoms with van der Waals surface area (Å²) in [4.78, 5) is 16.6. The predicted molar refractivity (Wildman–Crippen MR) is 86.8 cm³/mol. The number of aryl methyl sites for hydroxylation is 1. The van der Waals surface area contributed by atoms with E-state index in [0.717, 1.165) is 11.1 Å². The predicted octanol–water partition coefficient (Wildman–Crippen LogP) is 3.54. The summed E-state index contributed by atoms with van der Waals surface area (Å²) in [7, 11) is 0. The number of hydrogen-bond donors (Lipinski definition) is 1. The topological polar surface area (TPSA) is 68.0 Å². The Kier molecular flexibility index (Phi) is 4.19. The highest BCUT2D eigenvalue weighted by Gasteiger charge is 2.18. The summed E-state index contributed by atoms with van der Waals surface area (Å²) < 4.78 is 5.26. The van der Waals surface area contributed by atoms with E-state index in [9.17, 15) is 4.79 Å². The highest BCUT2D eigenvalue weighted by molar-refractivity contribution is 5.94. The Hall–Kier alpha value is -2.95. The molecule has 0 saturated carbocycles. The van der Waals surface area contributed by atoms with Gasteiger partial charge in [0, 0.05) is 11.1 Å². The van der Waals surface area contributed by atoms with Gasteiger partial charge in [0.1, 0.15) is 6.04 Å². The van der Waals surface area contributed by atoms with Crippen LogP contribution in [0.2, 0.25) is 0 Å². The van der Waals surface area contributed by atoms with Crippen LogP contribution in [0.25, 0.3) is 11.4 Å². The van der Waals surface area contributed by atoms with Crippen LogP contribution < -0.4 is 5.32 Å². The Bertz CT molecular complexity index is 795. The van der Waals surface area contributed by atoms with Gasteiger partial charge < -0.3 is 9.84 Å². The molecule has 0 aliphatic carbocycles. The van der Waals surface area contributed by atoms with E-state index in [2.05, 4.69) is 15.5 Å². The van der Waals surface area contributed by atoms with Crippen molar-refractivity contribution in [3.8, 4) is 11.4 Å². The molecule has 1 aromatic heterocycles. The number of benzene rings is 2. The maximum absolute atomic E-state index is 12.2. The Labute approximate surface area is 134 Å². The molecule has 1 N–H and O–H groups in total. The molecule has 5 nitrogen and oxygen atoms in total. The zero-order chi connectivity index (χ0) is 16.2. The number of aromatic nitrogens is 2. The van der Waals surface area contributed by atoms with Crippen LogP contribution in [-0.2, 0) is 0 Å². The van der Waals surface area contributed by atoms with Gasteiger partial charge in [0.25, 0.3) is 5.91 Å². The maximum atomic E-state index is 12.2. The molecule has 0 aliphatic rings. The Morgan fingerprint density at radius 3 is 2.48 bits per heavy atom. The van der Waals surface area contributed by atoms with Gasteiger partial charge in [-0.1, -0.05) is 53.2 Å².